The number of benzene rings is 2. The first-order valence-electron chi connectivity index (χ1n) is 6.99. The van der Waals surface area contributed by atoms with Crippen molar-refractivity contribution in [2.75, 3.05) is 16.4 Å². The van der Waals surface area contributed by atoms with Crippen molar-refractivity contribution in [3.63, 3.8) is 0 Å². The van der Waals surface area contributed by atoms with E-state index in [1.54, 1.807) is 18.2 Å². The number of rotatable bonds is 2. The molecule has 0 unspecified atom stereocenters. The summed E-state index contributed by atoms with van der Waals surface area (Å²) < 4.78 is 0. The Morgan fingerprint density at radius 2 is 1.68 bits per heavy atom. The van der Waals surface area contributed by atoms with Gasteiger partial charge in [-0.15, -0.1) is 0 Å². The number of hydrogen-bond donors (Lipinski definition) is 3. The van der Waals surface area contributed by atoms with Gasteiger partial charge in [0.1, 0.15) is 0 Å². The van der Waals surface area contributed by atoms with Gasteiger partial charge in [0.25, 0.3) is 0 Å². The van der Waals surface area contributed by atoms with Crippen LogP contribution in [0.15, 0.2) is 42.5 Å². The Morgan fingerprint density at radius 3 is 2.23 bits per heavy atom. The van der Waals surface area contributed by atoms with E-state index in [0.29, 0.717) is 16.4 Å². The van der Waals surface area contributed by atoms with Gasteiger partial charge >= 0.3 is 6.03 Å². The molecule has 5 heteroatoms. The number of amides is 2. The van der Waals surface area contributed by atoms with Crippen LogP contribution >= 0.6 is 11.6 Å². The number of nitrogens with two attached hydrogens (primary N) is 1. The molecule has 0 aliphatic heterocycles. The molecule has 0 aliphatic rings. The average molecular weight is 318 g/mol. The van der Waals surface area contributed by atoms with Gasteiger partial charge in [-0.05, 0) is 41.3 Å². The lowest BCUT2D eigenvalue weighted by atomic mass is 9.87. The van der Waals surface area contributed by atoms with Crippen LogP contribution in [0.25, 0.3) is 0 Å². The van der Waals surface area contributed by atoms with E-state index in [1.807, 2.05) is 24.3 Å². The van der Waals surface area contributed by atoms with Crippen LogP contribution in [0.2, 0.25) is 5.02 Å². The first-order valence-corrected chi connectivity index (χ1v) is 7.37. The van der Waals surface area contributed by atoms with Gasteiger partial charge in [0.15, 0.2) is 0 Å². The molecule has 0 spiro atoms. The number of halogens is 1. The van der Waals surface area contributed by atoms with Crippen molar-refractivity contribution < 1.29 is 4.79 Å². The molecular weight excluding hydrogens is 298 g/mol. The first-order chi connectivity index (χ1) is 10.3. The molecule has 0 atom stereocenters. The van der Waals surface area contributed by atoms with Crippen molar-refractivity contribution >= 4 is 34.7 Å². The van der Waals surface area contributed by atoms with Crippen molar-refractivity contribution in [2.45, 2.75) is 26.2 Å². The van der Waals surface area contributed by atoms with Gasteiger partial charge in [0.2, 0.25) is 0 Å². The Labute approximate surface area is 135 Å². The van der Waals surface area contributed by atoms with Crippen LogP contribution < -0.4 is 16.4 Å². The topological polar surface area (TPSA) is 67.2 Å². The van der Waals surface area contributed by atoms with E-state index in [2.05, 4.69) is 31.4 Å². The molecule has 0 fully saturated rings. The Bertz CT molecular complexity index is 675. The Morgan fingerprint density at radius 1 is 1.05 bits per heavy atom. The number of hydrogen-bond acceptors (Lipinski definition) is 2. The van der Waals surface area contributed by atoms with Crippen molar-refractivity contribution in [3.8, 4) is 0 Å². The highest BCUT2D eigenvalue weighted by atomic mass is 35.5. The first kappa shape index (κ1) is 16.2. The summed E-state index contributed by atoms with van der Waals surface area (Å²) in [6.07, 6.45) is 0. The Hall–Kier alpha value is -2.20. The summed E-state index contributed by atoms with van der Waals surface area (Å²) in [6.45, 7) is 6.43. The number of nitrogen functional groups attached to an aromatic ring is 1. The van der Waals surface area contributed by atoms with Gasteiger partial charge in [-0.2, -0.15) is 0 Å². The molecule has 4 nitrogen and oxygen atoms in total. The van der Waals surface area contributed by atoms with Gasteiger partial charge in [-0.1, -0.05) is 44.5 Å². The zero-order valence-electron chi connectivity index (χ0n) is 12.9. The fraction of sp³-hybridized carbons (Fsp3) is 0.235. The lowest BCUT2D eigenvalue weighted by Crippen LogP contribution is -2.20. The van der Waals surface area contributed by atoms with E-state index >= 15 is 0 Å². The van der Waals surface area contributed by atoms with Gasteiger partial charge in [-0.3, -0.25) is 0 Å². The molecule has 0 saturated carbocycles. The number of nitrogens with one attached hydrogen (secondary N) is 2. The second-order valence-corrected chi connectivity index (χ2v) is 6.55. The maximum atomic E-state index is 12.0. The third-order valence-electron chi connectivity index (χ3n) is 3.25. The number of carbonyl (C=O) groups excluding carboxylic acids is 1. The molecule has 2 aromatic rings. The highest BCUT2D eigenvalue weighted by Crippen LogP contribution is 2.25. The standard InChI is InChI=1S/C17H20ClN3O/c1-17(2,3)11-4-7-13(8-5-11)20-16(22)21-15-9-6-12(19)10-14(15)18/h4-10H,19H2,1-3H3,(H2,20,21,22). The minimum atomic E-state index is -0.352. The van der Waals surface area contributed by atoms with Crippen LogP contribution in [0.3, 0.4) is 0 Å². The van der Waals surface area contributed by atoms with Crippen LogP contribution in [0.4, 0.5) is 21.9 Å². The molecule has 22 heavy (non-hydrogen) atoms. The Balaban J connectivity index is 2.03. The molecule has 0 aliphatic carbocycles. The SMILES string of the molecule is CC(C)(C)c1ccc(NC(=O)Nc2ccc(N)cc2Cl)cc1. The predicted molar refractivity (Wildman–Crippen MR) is 93.6 cm³/mol. The van der Waals surface area contributed by atoms with Crippen LogP contribution in [0, 0.1) is 0 Å². The quantitative estimate of drug-likeness (QED) is 0.692. The monoisotopic (exact) mass is 317 g/mol. The van der Waals surface area contributed by atoms with Gasteiger partial charge in [0, 0.05) is 11.4 Å². The minimum Gasteiger partial charge on any atom is -0.399 e. The number of urea groups is 1. The molecule has 2 rings (SSSR count). The Kier molecular flexibility index (Phi) is 4.62. The average Bonchev–Trinajstić information content (AvgIpc) is 2.41. The molecule has 0 bridgehead atoms. The molecule has 0 aromatic heterocycles. The normalized spacial score (nSPS) is 11.1. The van der Waals surface area contributed by atoms with Gasteiger partial charge < -0.3 is 16.4 Å². The second-order valence-electron chi connectivity index (χ2n) is 6.15. The highest BCUT2D eigenvalue weighted by molar-refractivity contribution is 6.34. The maximum absolute atomic E-state index is 12.0. The summed E-state index contributed by atoms with van der Waals surface area (Å²) in [7, 11) is 0. The van der Waals surface area contributed by atoms with E-state index in [4.69, 9.17) is 17.3 Å². The van der Waals surface area contributed by atoms with Crippen molar-refractivity contribution in [2.24, 2.45) is 0 Å². The number of carbonyl (C=O) groups is 1. The summed E-state index contributed by atoms with van der Waals surface area (Å²) in [6, 6.07) is 12.4. The number of anilines is 3. The minimum absolute atomic E-state index is 0.0816. The summed E-state index contributed by atoms with van der Waals surface area (Å²) in [5, 5.41) is 5.87. The van der Waals surface area contributed by atoms with E-state index < -0.39 is 0 Å². The van der Waals surface area contributed by atoms with E-state index in [-0.39, 0.29) is 11.4 Å². The molecular formula is C17H20ClN3O. The third-order valence-corrected chi connectivity index (χ3v) is 3.56. The second kappa shape index (κ2) is 6.28. The predicted octanol–water partition coefficient (Wildman–Crippen LogP) is 4.86. The van der Waals surface area contributed by atoms with Crippen LogP contribution in [0.1, 0.15) is 26.3 Å². The largest absolute Gasteiger partial charge is 0.399 e. The van der Waals surface area contributed by atoms with Crippen LogP contribution in [-0.2, 0) is 5.41 Å². The van der Waals surface area contributed by atoms with E-state index in [9.17, 15) is 4.79 Å². The summed E-state index contributed by atoms with van der Waals surface area (Å²) in [5.41, 5.74) is 8.69. The third kappa shape index (κ3) is 4.15. The molecule has 2 aromatic carbocycles. The van der Waals surface area contributed by atoms with Gasteiger partial charge in [0.05, 0.1) is 10.7 Å². The van der Waals surface area contributed by atoms with Gasteiger partial charge in [-0.25, -0.2) is 4.79 Å². The molecule has 0 heterocycles. The summed E-state index contributed by atoms with van der Waals surface area (Å²) >= 11 is 6.03. The van der Waals surface area contributed by atoms with Crippen molar-refractivity contribution in [1.82, 2.24) is 0 Å². The molecule has 116 valence electrons. The summed E-state index contributed by atoms with van der Waals surface area (Å²) in [4.78, 5) is 12.0. The smallest absolute Gasteiger partial charge is 0.323 e. The fourth-order valence-electron chi connectivity index (χ4n) is 1.97. The zero-order valence-corrected chi connectivity index (χ0v) is 13.7. The molecule has 4 N–H and O–H groups in total. The van der Waals surface area contributed by atoms with Crippen molar-refractivity contribution in [3.05, 3.63) is 53.1 Å². The van der Waals surface area contributed by atoms with Crippen molar-refractivity contribution in [1.29, 1.82) is 0 Å². The molecule has 2 amide bonds. The molecule has 0 radical (unpaired) electrons. The van der Waals surface area contributed by atoms with E-state index in [0.717, 1.165) is 5.69 Å². The van der Waals surface area contributed by atoms with Crippen LogP contribution in [-0.4, -0.2) is 6.03 Å². The molecule has 0 saturated heterocycles. The zero-order chi connectivity index (χ0) is 16.3. The van der Waals surface area contributed by atoms with Crippen LogP contribution in [0.5, 0.6) is 0 Å². The lowest BCUT2D eigenvalue weighted by Gasteiger charge is -2.19. The maximum Gasteiger partial charge on any atom is 0.323 e. The highest BCUT2D eigenvalue weighted by Gasteiger charge is 2.13. The van der Waals surface area contributed by atoms with E-state index in [1.165, 1.54) is 5.56 Å². The lowest BCUT2D eigenvalue weighted by molar-refractivity contribution is 0.262. The fourth-order valence-corrected chi connectivity index (χ4v) is 2.21. The summed E-state index contributed by atoms with van der Waals surface area (Å²) in [5.74, 6) is 0.